The van der Waals surface area contributed by atoms with Crippen molar-refractivity contribution >= 4 is 32.3 Å². The predicted octanol–water partition coefficient (Wildman–Crippen LogP) is 14.1. The van der Waals surface area contributed by atoms with E-state index in [9.17, 15) is 0 Å². The molecular formula is C51H44. The fourth-order valence-corrected chi connectivity index (χ4v) is 9.97. The Morgan fingerprint density at radius 2 is 0.980 bits per heavy atom. The Balaban J connectivity index is 1.06. The summed E-state index contributed by atoms with van der Waals surface area (Å²) in [4.78, 5) is 0. The molecule has 8 aromatic rings. The van der Waals surface area contributed by atoms with E-state index in [1.165, 1.54) is 110 Å². The molecule has 248 valence electrons. The van der Waals surface area contributed by atoms with Gasteiger partial charge in [-0.2, -0.15) is 0 Å². The third kappa shape index (κ3) is 4.08. The van der Waals surface area contributed by atoms with E-state index >= 15 is 0 Å². The van der Waals surface area contributed by atoms with Crippen LogP contribution in [0.3, 0.4) is 0 Å². The van der Waals surface area contributed by atoms with Crippen LogP contribution in [0.4, 0.5) is 0 Å². The number of fused-ring (bicyclic) bond motifs is 7. The van der Waals surface area contributed by atoms with Gasteiger partial charge in [0.1, 0.15) is 0 Å². The molecule has 0 heterocycles. The molecule has 2 aliphatic carbocycles. The van der Waals surface area contributed by atoms with E-state index in [4.69, 9.17) is 0 Å². The number of rotatable bonds is 2. The maximum absolute atomic E-state index is 2.47. The van der Waals surface area contributed by atoms with Crippen LogP contribution in [0.1, 0.15) is 81.8 Å². The highest BCUT2D eigenvalue weighted by Crippen LogP contribution is 2.56. The van der Waals surface area contributed by atoms with Crippen LogP contribution in [0.25, 0.3) is 76.8 Å². The molecular weight excluding hydrogens is 613 g/mol. The lowest BCUT2D eigenvalue weighted by molar-refractivity contribution is 0.591. The molecule has 0 aliphatic heterocycles. The third-order valence-corrected chi connectivity index (χ3v) is 12.7. The van der Waals surface area contributed by atoms with Gasteiger partial charge in [-0.15, -0.1) is 0 Å². The summed E-state index contributed by atoms with van der Waals surface area (Å²) >= 11 is 0. The molecule has 0 saturated carbocycles. The van der Waals surface area contributed by atoms with Crippen LogP contribution in [0.5, 0.6) is 0 Å². The summed E-state index contributed by atoms with van der Waals surface area (Å²) in [6.45, 7) is 18.9. The summed E-state index contributed by atoms with van der Waals surface area (Å²) in [6.07, 6.45) is 0. The van der Waals surface area contributed by atoms with Gasteiger partial charge in [-0.05, 0) is 135 Å². The highest BCUT2D eigenvalue weighted by atomic mass is 14.4. The van der Waals surface area contributed by atoms with Gasteiger partial charge in [0.15, 0.2) is 0 Å². The van der Waals surface area contributed by atoms with E-state index in [1.807, 2.05) is 0 Å². The van der Waals surface area contributed by atoms with Crippen molar-refractivity contribution in [3.05, 3.63) is 155 Å². The van der Waals surface area contributed by atoms with Gasteiger partial charge in [-0.3, -0.25) is 0 Å². The van der Waals surface area contributed by atoms with E-state index < -0.39 is 0 Å². The van der Waals surface area contributed by atoms with Crippen molar-refractivity contribution in [2.24, 2.45) is 0 Å². The standard InChI is InChI=1S/C51H44/c1-29-37-21-19-34-25-36(49(2,3)4)26-35-20-24-41(46(37)45(34)35)47-40-23-18-33(28-44(40)51(7,8)48(29)47)31-15-13-30(14-16-31)32-17-22-39-38-11-9-10-12-42(38)50(5,6)43(39)27-32/h9-28H,1-8H3. The van der Waals surface area contributed by atoms with Crippen molar-refractivity contribution in [3.8, 4) is 44.5 Å². The number of aryl methyl sites for hydroxylation is 1. The predicted molar refractivity (Wildman–Crippen MR) is 220 cm³/mol. The second kappa shape index (κ2) is 9.98. The Kier molecular flexibility index (Phi) is 5.99. The Bertz CT molecular complexity index is 2740. The Labute approximate surface area is 302 Å². The van der Waals surface area contributed by atoms with Crippen LogP contribution in [0.15, 0.2) is 121 Å². The van der Waals surface area contributed by atoms with Crippen LogP contribution >= 0.6 is 0 Å². The van der Waals surface area contributed by atoms with E-state index in [2.05, 4.69) is 177 Å². The van der Waals surface area contributed by atoms with Gasteiger partial charge in [0.2, 0.25) is 0 Å². The molecule has 0 fully saturated rings. The highest BCUT2D eigenvalue weighted by molar-refractivity contribution is 6.27. The first kappa shape index (κ1) is 30.6. The number of hydrogen-bond donors (Lipinski definition) is 0. The van der Waals surface area contributed by atoms with Gasteiger partial charge >= 0.3 is 0 Å². The first-order chi connectivity index (χ1) is 24.3. The van der Waals surface area contributed by atoms with Gasteiger partial charge in [-0.25, -0.2) is 0 Å². The average molecular weight is 657 g/mol. The van der Waals surface area contributed by atoms with E-state index in [0.717, 1.165) is 0 Å². The van der Waals surface area contributed by atoms with Gasteiger partial charge < -0.3 is 0 Å². The maximum Gasteiger partial charge on any atom is 0.0162 e. The van der Waals surface area contributed by atoms with Crippen LogP contribution in [-0.4, -0.2) is 0 Å². The first-order valence-electron chi connectivity index (χ1n) is 18.6. The number of benzene rings is 8. The molecule has 0 heteroatoms. The minimum Gasteiger partial charge on any atom is -0.0619 e. The summed E-state index contributed by atoms with van der Waals surface area (Å²) in [6, 6.07) is 46.7. The van der Waals surface area contributed by atoms with Crippen LogP contribution in [-0.2, 0) is 16.2 Å². The molecule has 0 aromatic heterocycles. The largest absolute Gasteiger partial charge is 0.0619 e. The molecule has 0 N–H and O–H groups in total. The fraction of sp³-hybridized carbons (Fsp3) is 0.216. The fourth-order valence-electron chi connectivity index (χ4n) is 9.97. The second-order valence-corrected chi connectivity index (χ2v) is 17.4. The zero-order chi connectivity index (χ0) is 35.2. The van der Waals surface area contributed by atoms with Crippen molar-refractivity contribution < 1.29 is 0 Å². The smallest absolute Gasteiger partial charge is 0.0162 e. The molecule has 10 rings (SSSR count). The Hall–Kier alpha value is -5.20. The summed E-state index contributed by atoms with van der Waals surface area (Å²) in [5.41, 5.74) is 19.2. The summed E-state index contributed by atoms with van der Waals surface area (Å²) in [7, 11) is 0. The zero-order valence-corrected chi connectivity index (χ0v) is 31.0. The minimum atomic E-state index is -0.108. The molecule has 8 aromatic carbocycles. The van der Waals surface area contributed by atoms with E-state index in [1.54, 1.807) is 0 Å². The van der Waals surface area contributed by atoms with Crippen molar-refractivity contribution in [1.82, 2.24) is 0 Å². The minimum absolute atomic E-state index is 0.000325. The molecule has 0 saturated heterocycles. The SMILES string of the molecule is Cc1c2c(c3ccc4cc(C(C)(C)C)cc5ccc1c3c54)-c1ccc(-c3ccc(-c4ccc5c(c4)C(C)(C)c4ccccc4-5)cc3)cc1C2(C)C. The van der Waals surface area contributed by atoms with Gasteiger partial charge in [0.25, 0.3) is 0 Å². The second-order valence-electron chi connectivity index (χ2n) is 17.4. The molecule has 0 bridgehead atoms. The molecule has 0 amide bonds. The summed E-state index contributed by atoms with van der Waals surface area (Å²) in [5, 5.41) is 8.30. The van der Waals surface area contributed by atoms with Gasteiger partial charge in [0.05, 0.1) is 0 Å². The van der Waals surface area contributed by atoms with Gasteiger partial charge in [0, 0.05) is 10.8 Å². The lowest BCUT2D eigenvalue weighted by atomic mass is 9.77. The van der Waals surface area contributed by atoms with Crippen molar-refractivity contribution in [2.75, 3.05) is 0 Å². The van der Waals surface area contributed by atoms with Crippen molar-refractivity contribution in [2.45, 2.75) is 71.6 Å². The Morgan fingerprint density at radius 3 is 1.61 bits per heavy atom. The lowest BCUT2D eigenvalue weighted by Gasteiger charge is -2.26. The maximum atomic E-state index is 2.47. The molecule has 0 spiro atoms. The monoisotopic (exact) mass is 656 g/mol. The zero-order valence-electron chi connectivity index (χ0n) is 31.0. The molecule has 0 unspecified atom stereocenters. The lowest BCUT2D eigenvalue weighted by Crippen LogP contribution is -2.17. The van der Waals surface area contributed by atoms with Crippen molar-refractivity contribution in [1.29, 1.82) is 0 Å². The highest BCUT2D eigenvalue weighted by Gasteiger charge is 2.39. The van der Waals surface area contributed by atoms with E-state index in [-0.39, 0.29) is 16.2 Å². The van der Waals surface area contributed by atoms with Crippen molar-refractivity contribution in [3.63, 3.8) is 0 Å². The van der Waals surface area contributed by atoms with Crippen LogP contribution in [0.2, 0.25) is 0 Å². The quantitative estimate of drug-likeness (QED) is 0.162. The molecule has 0 radical (unpaired) electrons. The van der Waals surface area contributed by atoms with E-state index in [0.29, 0.717) is 0 Å². The normalized spacial score (nSPS) is 15.4. The average Bonchev–Trinajstić information content (AvgIpc) is 3.50. The topological polar surface area (TPSA) is 0 Å². The molecule has 51 heavy (non-hydrogen) atoms. The van der Waals surface area contributed by atoms with Gasteiger partial charge in [-0.1, -0.05) is 158 Å². The third-order valence-electron chi connectivity index (χ3n) is 12.7. The summed E-state index contributed by atoms with van der Waals surface area (Å²) in [5.74, 6) is 0. The van der Waals surface area contributed by atoms with Crippen LogP contribution < -0.4 is 0 Å². The molecule has 2 aliphatic rings. The number of hydrogen-bond acceptors (Lipinski definition) is 0. The first-order valence-corrected chi connectivity index (χ1v) is 18.6. The summed E-state index contributed by atoms with van der Waals surface area (Å²) < 4.78 is 0. The van der Waals surface area contributed by atoms with Crippen LogP contribution in [0, 0.1) is 6.92 Å². The molecule has 0 nitrogen and oxygen atoms in total. The Morgan fingerprint density at radius 1 is 0.451 bits per heavy atom. The molecule has 0 atom stereocenters.